The van der Waals surface area contributed by atoms with Gasteiger partial charge in [0.1, 0.15) is 5.75 Å². The normalized spacial score (nSPS) is 18.9. The molecule has 2 aliphatic heterocycles. The Morgan fingerprint density at radius 2 is 1.93 bits per heavy atom. The van der Waals surface area contributed by atoms with E-state index in [0.717, 1.165) is 18.5 Å². The number of hydrogen-bond donors (Lipinski definition) is 1. The number of nitrogens with zero attached hydrogens (tertiary/aromatic N) is 1. The smallest absolute Gasteiger partial charge is 0.350 e. The van der Waals surface area contributed by atoms with E-state index in [1.54, 1.807) is 24.1 Å². The van der Waals surface area contributed by atoms with Crippen molar-refractivity contribution in [3.63, 3.8) is 0 Å². The second-order valence-electron chi connectivity index (χ2n) is 6.83. The van der Waals surface area contributed by atoms with Crippen LogP contribution >= 0.6 is 0 Å². The van der Waals surface area contributed by atoms with Crippen molar-refractivity contribution in [2.75, 3.05) is 19.0 Å². The highest BCUT2D eigenvalue weighted by atomic mass is 16.7. The Morgan fingerprint density at radius 3 is 2.52 bits per heavy atom. The third-order valence-electron chi connectivity index (χ3n) is 4.31. The van der Waals surface area contributed by atoms with E-state index in [1.165, 1.54) is 20.0 Å². The molecule has 3 rings (SSSR count). The zero-order valence-electron chi connectivity index (χ0n) is 15.5. The fraction of sp³-hybridized carbons (Fsp3) is 0.421. The van der Waals surface area contributed by atoms with Crippen LogP contribution in [0.2, 0.25) is 0 Å². The number of carbonyl (C=O) groups is 3. The first-order valence-corrected chi connectivity index (χ1v) is 8.67. The minimum atomic E-state index is -1.28. The van der Waals surface area contributed by atoms with E-state index in [0.29, 0.717) is 24.4 Å². The highest BCUT2D eigenvalue weighted by Crippen LogP contribution is 2.27. The van der Waals surface area contributed by atoms with Gasteiger partial charge in [-0.25, -0.2) is 9.59 Å². The van der Waals surface area contributed by atoms with Crippen LogP contribution in [0.15, 0.2) is 30.0 Å². The second kappa shape index (κ2) is 7.30. The molecule has 1 N–H and O–H groups in total. The average molecular weight is 374 g/mol. The molecule has 0 spiro atoms. The molecule has 0 bridgehead atoms. The van der Waals surface area contributed by atoms with Crippen LogP contribution in [0, 0.1) is 0 Å². The quantitative estimate of drug-likeness (QED) is 0.478. The first-order chi connectivity index (χ1) is 12.8. The molecule has 8 heteroatoms. The monoisotopic (exact) mass is 374 g/mol. The highest BCUT2D eigenvalue weighted by molar-refractivity contribution is 6.15. The molecule has 1 amide bonds. The van der Waals surface area contributed by atoms with E-state index in [-0.39, 0.29) is 11.5 Å². The molecule has 1 aromatic rings. The van der Waals surface area contributed by atoms with E-state index in [9.17, 15) is 14.4 Å². The van der Waals surface area contributed by atoms with Crippen molar-refractivity contribution >= 4 is 23.5 Å². The van der Waals surface area contributed by atoms with Crippen molar-refractivity contribution in [1.82, 2.24) is 4.90 Å². The number of benzene rings is 1. The van der Waals surface area contributed by atoms with Gasteiger partial charge in [0.2, 0.25) is 5.91 Å². The molecule has 0 unspecified atom stereocenters. The largest absolute Gasteiger partial charge is 0.496 e. The van der Waals surface area contributed by atoms with Crippen molar-refractivity contribution < 1.29 is 28.6 Å². The molecule has 2 heterocycles. The fourth-order valence-electron chi connectivity index (χ4n) is 3.00. The molecular weight excluding hydrogens is 352 g/mol. The summed E-state index contributed by atoms with van der Waals surface area (Å²) in [4.78, 5) is 37.6. The number of anilines is 1. The molecule has 1 aromatic carbocycles. The van der Waals surface area contributed by atoms with Crippen LogP contribution < -0.4 is 10.1 Å². The first kappa shape index (κ1) is 18.8. The van der Waals surface area contributed by atoms with Crippen LogP contribution in [0.25, 0.3) is 0 Å². The maximum Gasteiger partial charge on any atom is 0.350 e. The van der Waals surface area contributed by atoms with Crippen molar-refractivity contribution in [3.8, 4) is 5.75 Å². The molecule has 2 saturated heterocycles. The molecule has 0 aliphatic carbocycles. The lowest BCUT2D eigenvalue weighted by Gasteiger charge is -2.29. The first-order valence-electron chi connectivity index (χ1n) is 8.67. The third kappa shape index (κ3) is 4.21. The SMILES string of the molecule is COc1ccc(NC=C2C(=O)OC(C)(C)OC2=O)cc1CN1CCCC1=O. The number of rotatable bonds is 5. The van der Waals surface area contributed by atoms with Gasteiger partial charge in [0.25, 0.3) is 5.79 Å². The standard InChI is InChI=1S/C19H22N2O6/c1-19(2)26-17(23)14(18(24)27-19)10-20-13-6-7-15(25-3)12(9-13)11-21-8-4-5-16(21)22/h6-7,9-10,20H,4-5,8,11H2,1-3H3. The summed E-state index contributed by atoms with van der Waals surface area (Å²) in [5.74, 6) is -2.00. The Balaban J connectivity index is 1.77. The Morgan fingerprint density at radius 1 is 1.22 bits per heavy atom. The van der Waals surface area contributed by atoms with E-state index in [1.807, 2.05) is 6.07 Å². The molecular formula is C19H22N2O6. The Hall–Kier alpha value is -3.03. The molecule has 0 saturated carbocycles. The zero-order chi connectivity index (χ0) is 19.6. The van der Waals surface area contributed by atoms with Crippen LogP contribution in [-0.2, 0) is 30.4 Å². The molecule has 0 radical (unpaired) electrons. The van der Waals surface area contributed by atoms with Crippen LogP contribution in [0.4, 0.5) is 5.69 Å². The lowest BCUT2D eigenvalue weighted by molar-refractivity contribution is -0.222. The number of cyclic esters (lactones) is 2. The maximum absolute atomic E-state index is 12.0. The van der Waals surface area contributed by atoms with Gasteiger partial charge in [0, 0.05) is 50.8 Å². The number of hydrogen-bond acceptors (Lipinski definition) is 7. The summed E-state index contributed by atoms with van der Waals surface area (Å²) >= 11 is 0. The minimum Gasteiger partial charge on any atom is -0.496 e. The second-order valence-corrected chi connectivity index (χ2v) is 6.83. The Kier molecular flexibility index (Phi) is 5.07. The minimum absolute atomic E-state index is 0.118. The summed E-state index contributed by atoms with van der Waals surface area (Å²) < 4.78 is 15.5. The molecule has 2 aliphatic rings. The van der Waals surface area contributed by atoms with Gasteiger partial charge in [0.15, 0.2) is 5.57 Å². The van der Waals surface area contributed by atoms with Gasteiger partial charge < -0.3 is 24.4 Å². The summed E-state index contributed by atoms with van der Waals surface area (Å²) in [7, 11) is 1.56. The van der Waals surface area contributed by atoms with Gasteiger partial charge in [-0.15, -0.1) is 0 Å². The number of likely N-dealkylation sites (tertiary alicyclic amines) is 1. The zero-order valence-corrected chi connectivity index (χ0v) is 15.5. The summed E-state index contributed by atoms with van der Waals surface area (Å²) in [6.45, 7) is 4.13. The molecule has 0 atom stereocenters. The molecule has 144 valence electrons. The number of carbonyl (C=O) groups excluding carboxylic acids is 3. The van der Waals surface area contributed by atoms with Gasteiger partial charge in [-0.05, 0) is 24.6 Å². The number of amides is 1. The molecule has 0 aromatic heterocycles. The lowest BCUT2D eigenvalue weighted by Crippen LogP contribution is -2.42. The summed E-state index contributed by atoms with van der Waals surface area (Å²) in [6, 6.07) is 5.32. The molecule has 8 nitrogen and oxygen atoms in total. The van der Waals surface area contributed by atoms with Crippen LogP contribution in [0.1, 0.15) is 32.3 Å². The van der Waals surface area contributed by atoms with Crippen LogP contribution in [0.5, 0.6) is 5.75 Å². The van der Waals surface area contributed by atoms with E-state index in [4.69, 9.17) is 14.2 Å². The predicted octanol–water partition coefficient (Wildman–Crippen LogP) is 1.95. The topological polar surface area (TPSA) is 94.2 Å². The van der Waals surface area contributed by atoms with Gasteiger partial charge in [-0.1, -0.05) is 0 Å². The third-order valence-corrected chi connectivity index (χ3v) is 4.31. The van der Waals surface area contributed by atoms with Gasteiger partial charge in [0.05, 0.1) is 7.11 Å². The van der Waals surface area contributed by atoms with Crippen molar-refractivity contribution in [3.05, 3.63) is 35.5 Å². The van der Waals surface area contributed by atoms with Gasteiger partial charge in [-0.2, -0.15) is 0 Å². The van der Waals surface area contributed by atoms with E-state index < -0.39 is 17.7 Å². The number of methoxy groups -OCH3 is 1. The number of nitrogens with one attached hydrogen (secondary N) is 1. The van der Waals surface area contributed by atoms with E-state index in [2.05, 4.69) is 5.32 Å². The van der Waals surface area contributed by atoms with Crippen molar-refractivity contribution in [2.45, 2.75) is 39.0 Å². The molecule has 2 fully saturated rings. The predicted molar refractivity (Wildman–Crippen MR) is 95.6 cm³/mol. The highest BCUT2D eigenvalue weighted by Gasteiger charge is 2.38. The van der Waals surface area contributed by atoms with E-state index >= 15 is 0 Å². The summed E-state index contributed by atoms with van der Waals surface area (Å²) in [5.41, 5.74) is 1.24. The Bertz CT molecular complexity index is 792. The van der Waals surface area contributed by atoms with Gasteiger partial charge >= 0.3 is 11.9 Å². The lowest BCUT2D eigenvalue weighted by atomic mass is 10.1. The van der Waals surface area contributed by atoms with Gasteiger partial charge in [-0.3, -0.25) is 4.79 Å². The average Bonchev–Trinajstić information content (AvgIpc) is 2.98. The summed E-state index contributed by atoms with van der Waals surface area (Å²) in [6.07, 6.45) is 2.67. The maximum atomic E-state index is 12.0. The number of esters is 2. The fourth-order valence-corrected chi connectivity index (χ4v) is 3.00. The Labute approximate surface area is 157 Å². The van der Waals surface area contributed by atoms with Crippen molar-refractivity contribution in [1.29, 1.82) is 0 Å². The number of ether oxygens (including phenoxy) is 3. The molecule has 27 heavy (non-hydrogen) atoms. The van der Waals surface area contributed by atoms with Crippen molar-refractivity contribution in [2.24, 2.45) is 0 Å². The summed E-state index contributed by atoms with van der Waals surface area (Å²) in [5, 5.41) is 2.91. The van der Waals surface area contributed by atoms with Crippen LogP contribution in [0.3, 0.4) is 0 Å². The van der Waals surface area contributed by atoms with Crippen LogP contribution in [-0.4, -0.2) is 42.2 Å².